The van der Waals surface area contributed by atoms with E-state index in [1.807, 2.05) is 0 Å². The van der Waals surface area contributed by atoms with Gasteiger partial charge < -0.3 is 5.32 Å². The summed E-state index contributed by atoms with van der Waals surface area (Å²) in [6.45, 7) is 0.294. The monoisotopic (exact) mass is 362 g/mol. The molecule has 0 aliphatic heterocycles. The molecule has 1 aliphatic rings. The van der Waals surface area contributed by atoms with Crippen molar-refractivity contribution in [1.29, 1.82) is 0 Å². The maximum Gasteiger partial charge on any atom is 0.305 e. The van der Waals surface area contributed by atoms with Gasteiger partial charge in [-0.15, -0.1) is 0 Å². The van der Waals surface area contributed by atoms with Crippen molar-refractivity contribution in [3.63, 3.8) is 0 Å². The molecule has 1 aromatic rings. The summed E-state index contributed by atoms with van der Waals surface area (Å²) in [5, 5.41) is 13.1. The summed E-state index contributed by atoms with van der Waals surface area (Å²) in [7, 11) is 0. The van der Waals surface area contributed by atoms with E-state index in [4.69, 9.17) is 0 Å². The molecule has 1 N–H and O–H groups in total. The van der Waals surface area contributed by atoms with Crippen LogP contribution < -0.4 is 5.32 Å². The number of nitrogens with one attached hydrogen (secondary N) is 1. The zero-order valence-corrected chi connectivity index (χ0v) is 12.5. The molecule has 21 heavy (non-hydrogen) atoms. The van der Waals surface area contributed by atoms with E-state index in [2.05, 4.69) is 21.2 Å². The van der Waals surface area contributed by atoms with Gasteiger partial charge in [-0.3, -0.25) is 14.9 Å². The van der Waals surface area contributed by atoms with Crippen LogP contribution in [0.1, 0.15) is 29.6 Å². The Morgan fingerprint density at radius 2 is 2.14 bits per heavy atom. The molecule has 0 spiro atoms. The molecule has 1 amide bonds. The minimum atomic E-state index is -1.44. The Labute approximate surface area is 128 Å². The van der Waals surface area contributed by atoms with E-state index >= 15 is 0 Å². The molecule has 1 aliphatic carbocycles. The second-order valence-electron chi connectivity index (χ2n) is 5.00. The predicted molar refractivity (Wildman–Crippen MR) is 75.4 cm³/mol. The highest BCUT2D eigenvalue weighted by Crippen LogP contribution is 2.30. The molecule has 5 nitrogen and oxygen atoms in total. The Kier molecular flexibility index (Phi) is 4.87. The predicted octanol–water partition coefficient (Wildman–Crippen LogP) is 3.17. The molecule has 0 bridgehead atoms. The van der Waals surface area contributed by atoms with E-state index < -0.39 is 33.7 Å². The van der Waals surface area contributed by atoms with Gasteiger partial charge in [0, 0.05) is 17.4 Å². The van der Waals surface area contributed by atoms with Crippen LogP contribution in [0.5, 0.6) is 0 Å². The summed E-state index contributed by atoms with van der Waals surface area (Å²) in [5.41, 5.74) is -1.82. The number of alkyl halides is 1. The van der Waals surface area contributed by atoms with Crippen molar-refractivity contribution in [3.05, 3.63) is 39.4 Å². The standard InChI is InChI=1S/C13H13BrF2N2O3/c14-8-2-1-7(5-8)6-17-13(19)11-9(15)3-4-10(12(11)16)18(20)21/h3-4,7-8H,1-2,5-6H2,(H,17,19). The molecule has 0 radical (unpaired) electrons. The van der Waals surface area contributed by atoms with E-state index in [1.54, 1.807) is 0 Å². The van der Waals surface area contributed by atoms with E-state index in [9.17, 15) is 23.7 Å². The van der Waals surface area contributed by atoms with Gasteiger partial charge in [0.05, 0.1) is 4.92 Å². The Morgan fingerprint density at radius 1 is 1.43 bits per heavy atom. The zero-order chi connectivity index (χ0) is 15.6. The largest absolute Gasteiger partial charge is 0.352 e. The molecule has 2 unspecified atom stereocenters. The summed E-state index contributed by atoms with van der Waals surface area (Å²) in [5.74, 6) is -3.28. The number of carbonyl (C=O) groups is 1. The van der Waals surface area contributed by atoms with Gasteiger partial charge in [-0.25, -0.2) is 4.39 Å². The van der Waals surface area contributed by atoms with Crippen molar-refractivity contribution < 1.29 is 18.5 Å². The Bertz CT molecular complexity index is 583. The van der Waals surface area contributed by atoms with Crippen LogP contribution in [-0.4, -0.2) is 22.2 Å². The Morgan fingerprint density at radius 3 is 2.71 bits per heavy atom. The van der Waals surface area contributed by atoms with E-state index in [0.717, 1.165) is 25.3 Å². The van der Waals surface area contributed by atoms with Gasteiger partial charge in [-0.2, -0.15) is 4.39 Å². The molecule has 114 valence electrons. The summed E-state index contributed by atoms with van der Waals surface area (Å²) in [6.07, 6.45) is 2.77. The minimum absolute atomic E-state index is 0.239. The van der Waals surface area contributed by atoms with Crippen LogP contribution in [0.15, 0.2) is 12.1 Å². The number of hydrogen-bond acceptors (Lipinski definition) is 3. The van der Waals surface area contributed by atoms with Crippen molar-refractivity contribution in [2.24, 2.45) is 5.92 Å². The fraction of sp³-hybridized carbons (Fsp3) is 0.462. The van der Waals surface area contributed by atoms with Crippen molar-refractivity contribution >= 4 is 27.5 Å². The Balaban J connectivity index is 2.11. The molecular weight excluding hydrogens is 350 g/mol. The third kappa shape index (κ3) is 3.55. The first kappa shape index (κ1) is 15.8. The van der Waals surface area contributed by atoms with Crippen molar-refractivity contribution in [3.8, 4) is 0 Å². The van der Waals surface area contributed by atoms with Crippen LogP contribution in [0, 0.1) is 27.7 Å². The number of amides is 1. The maximum atomic E-state index is 13.8. The third-order valence-corrected chi connectivity index (χ3v) is 4.35. The first-order valence-corrected chi connectivity index (χ1v) is 7.36. The molecule has 0 heterocycles. The quantitative estimate of drug-likeness (QED) is 0.507. The van der Waals surface area contributed by atoms with Crippen LogP contribution in [0.3, 0.4) is 0 Å². The highest BCUT2D eigenvalue weighted by atomic mass is 79.9. The number of nitro benzene ring substituents is 1. The van der Waals surface area contributed by atoms with Crippen LogP contribution in [-0.2, 0) is 0 Å². The summed E-state index contributed by atoms with van der Waals surface area (Å²) in [4.78, 5) is 21.9. The van der Waals surface area contributed by atoms with Crippen LogP contribution in [0.2, 0.25) is 0 Å². The third-order valence-electron chi connectivity index (χ3n) is 3.52. The second-order valence-corrected chi connectivity index (χ2v) is 6.29. The number of halogens is 3. The lowest BCUT2D eigenvalue weighted by atomic mass is 10.1. The van der Waals surface area contributed by atoms with Crippen molar-refractivity contribution in [2.45, 2.75) is 24.1 Å². The average Bonchev–Trinajstić information content (AvgIpc) is 2.82. The molecule has 2 rings (SSSR count). The smallest absolute Gasteiger partial charge is 0.305 e. The van der Waals surface area contributed by atoms with Crippen LogP contribution >= 0.6 is 15.9 Å². The minimum Gasteiger partial charge on any atom is -0.352 e. The molecule has 0 saturated heterocycles. The first-order valence-electron chi connectivity index (χ1n) is 6.44. The summed E-state index contributed by atoms with van der Waals surface area (Å²) in [6, 6.07) is 1.42. The summed E-state index contributed by atoms with van der Waals surface area (Å²) < 4.78 is 27.4. The number of benzene rings is 1. The van der Waals surface area contributed by atoms with E-state index in [-0.39, 0.29) is 5.92 Å². The second kappa shape index (κ2) is 6.46. The lowest BCUT2D eigenvalue weighted by Gasteiger charge is -2.11. The lowest BCUT2D eigenvalue weighted by molar-refractivity contribution is -0.387. The van der Waals surface area contributed by atoms with Gasteiger partial charge in [0.25, 0.3) is 5.91 Å². The summed E-state index contributed by atoms with van der Waals surface area (Å²) >= 11 is 3.47. The normalized spacial score (nSPS) is 21.3. The van der Waals surface area contributed by atoms with Crippen LogP contribution in [0.4, 0.5) is 14.5 Å². The van der Waals surface area contributed by atoms with Gasteiger partial charge >= 0.3 is 5.69 Å². The van der Waals surface area contributed by atoms with Crippen molar-refractivity contribution in [1.82, 2.24) is 5.32 Å². The topological polar surface area (TPSA) is 72.2 Å². The molecule has 8 heteroatoms. The number of carbonyl (C=O) groups excluding carboxylic acids is 1. The van der Waals surface area contributed by atoms with Gasteiger partial charge in [0.2, 0.25) is 5.82 Å². The molecule has 2 atom stereocenters. The Hall–Kier alpha value is -1.57. The molecule has 1 aromatic carbocycles. The fourth-order valence-corrected chi connectivity index (χ4v) is 3.21. The van der Waals surface area contributed by atoms with E-state index in [1.165, 1.54) is 0 Å². The van der Waals surface area contributed by atoms with Crippen LogP contribution in [0.25, 0.3) is 0 Å². The highest BCUT2D eigenvalue weighted by molar-refractivity contribution is 9.09. The first-order chi connectivity index (χ1) is 9.90. The SMILES string of the molecule is O=C(NCC1CCC(Br)C1)c1c(F)ccc([N+](=O)[O-])c1F. The molecule has 1 fully saturated rings. The molecular formula is C13H13BrF2N2O3. The van der Waals surface area contributed by atoms with Gasteiger partial charge in [-0.05, 0) is 31.2 Å². The van der Waals surface area contributed by atoms with Gasteiger partial charge in [0.15, 0.2) is 0 Å². The molecule has 0 aromatic heterocycles. The van der Waals surface area contributed by atoms with E-state index in [0.29, 0.717) is 17.4 Å². The highest BCUT2D eigenvalue weighted by Gasteiger charge is 2.28. The number of nitro groups is 1. The number of rotatable bonds is 4. The molecule has 1 saturated carbocycles. The van der Waals surface area contributed by atoms with Gasteiger partial charge in [-0.1, -0.05) is 15.9 Å². The average molecular weight is 363 g/mol. The zero-order valence-electron chi connectivity index (χ0n) is 10.9. The maximum absolute atomic E-state index is 13.8. The fourth-order valence-electron chi connectivity index (χ4n) is 2.42. The van der Waals surface area contributed by atoms with Gasteiger partial charge in [0.1, 0.15) is 11.4 Å². The number of nitrogens with zero attached hydrogens (tertiary/aromatic N) is 1. The number of hydrogen-bond donors (Lipinski definition) is 1. The van der Waals surface area contributed by atoms with Crippen molar-refractivity contribution in [2.75, 3.05) is 6.54 Å². The lowest BCUT2D eigenvalue weighted by Crippen LogP contribution is -2.30.